The molecule has 0 unspecified atom stereocenters. The van der Waals surface area contributed by atoms with E-state index in [-0.39, 0.29) is 29.4 Å². The van der Waals surface area contributed by atoms with Crippen molar-refractivity contribution in [1.29, 1.82) is 0 Å². The molecule has 2 fully saturated rings. The van der Waals surface area contributed by atoms with Crippen LogP contribution in [0, 0.1) is 11.3 Å². The second kappa shape index (κ2) is 9.27. The monoisotopic (exact) mass is 424 g/mol. The van der Waals surface area contributed by atoms with Gasteiger partial charge in [0.25, 0.3) is 0 Å². The summed E-state index contributed by atoms with van der Waals surface area (Å²) >= 11 is 0. The molecule has 0 bridgehead atoms. The number of nitrogens with zero attached hydrogens (tertiary/aromatic N) is 3. The van der Waals surface area contributed by atoms with Gasteiger partial charge in [0.05, 0.1) is 19.8 Å². The van der Waals surface area contributed by atoms with E-state index in [2.05, 4.69) is 42.8 Å². The van der Waals surface area contributed by atoms with E-state index in [1.165, 1.54) is 6.54 Å². The van der Waals surface area contributed by atoms with Gasteiger partial charge >= 0.3 is 0 Å². The molecule has 2 aliphatic rings. The van der Waals surface area contributed by atoms with Crippen LogP contribution in [0.3, 0.4) is 0 Å². The zero-order chi connectivity index (χ0) is 15.3. The molecule has 2 rings (SSSR count). The first-order chi connectivity index (χ1) is 10.0. The maximum absolute atomic E-state index is 5.32. The minimum absolute atomic E-state index is 0. The van der Waals surface area contributed by atoms with Crippen LogP contribution in [0.1, 0.15) is 27.7 Å². The number of hydrogen-bond donors (Lipinski definition) is 1. The van der Waals surface area contributed by atoms with E-state index in [1.54, 1.807) is 0 Å². The van der Waals surface area contributed by atoms with E-state index >= 15 is 0 Å². The molecule has 5 nitrogen and oxygen atoms in total. The SMILES string of the molecule is CCNC(=NCC1(C)COC1)N1CCN(CC(C)C)CC1.I. The Morgan fingerprint density at radius 1 is 1.23 bits per heavy atom. The average Bonchev–Trinajstić information content (AvgIpc) is 2.42. The summed E-state index contributed by atoms with van der Waals surface area (Å²) in [5, 5.41) is 3.45. The fourth-order valence-corrected chi connectivity index (χ4v) is 2.89. The first-order valence-electron chi connectivity index (χ1n) is 8.36. The van der Waals surface area contributed by atoms with Crippen molar-refractivity contribution in [3.8, 4) is 0 Å². The fraction of sp³-hybridized carbons (Fsp3) is 0.938. The lowest BCUT2D eigenvalue weighted by Gasteiger charge is -2.39. The average molecular weight is 424 g/mol. The van der Waals surface area contributed by atoms with E-state index in [9.17, 15) is 0 Å². The predicted octanol–water partition coefficient (Wildman–Crippen LogP) is 1.88. The Balaban J connectivity index is 0.00000242. The second-order valence-electron chi connectivity index (χ2n) is 7.16. The summed E-state index contributed by atoms with van der Waals surface area (Å²) in [7, 11) is 0. The third-order valence-electron chi connectivity index (χ3n) is 4.14. The molecule has 0 radical (unpaired) electrons. The van der Waals surface area contributed by atoms with Crippen LogP contribution in [-0.2, 0) is 4.74 Å². The normalized spacial score (nSPS) is 22.2. The highest BCUT2D eigenvalue weighted by Gasteiger charge is 2.33. The van der Waals surface area contributed by atoms with Crippen molar-refractivity contribution in [2.24, 2.45) is 16.3 Å². The van der Waals surface area contributed by atoms with E-state index in [0.29, 0.717) is 0 Å². The number of halogens is 1. The van der Waals surface area contributed by atoms with Crippen molar-refractivity contribution in [2.45, 2.75) is 27.7 Å². The summed E-state index contributed by atoms with van der Waals surface area (Å²) < 4.78 is 5.32. The van der Waals surface area contributed by atoms with Crippen molar-refractivity contribution in [2.75, 3.05) is 59.0 Å². The van der Waals surface area contributed by atoms with Crippen LogP contribution in [-0.4, -0.2) is 74.8 Å². The molecule has 2 aliphatic heterocycles. The Hall–Kier alpha value is -0.0800. The Labute approximate surface area is 152 Å². The topological polar surface area (TPSA) is 40.1 Å². The zero-order valence-corrected chi connectivity index (χ0v) is 16.9. The summed E-state index contributed by atoms with van der Waals surface area (Å²) in [4.78, 5) is 9.82. The third-order valence-corrected chi connectivity index (χ3v) is 4.14. The molecular formula is C16H33IN4O. The van der Waals surface area contributed by atoms with Crippen molar-refractivity contribution < 1.29 is 4.74 Å². The first-order valence-corrected chi connectivity index (χ1v) is 8.36. The van der Waals surface area contributed by atoms with Crippen LogP contribution in [0.2, 0.25) is 0 Å². The molecule has 0 aromatic carbocycles. The minimum atomic E-state index is 0. The smallest absolute Gasteiger partial charge is 0.194 e. The molecule has 6 heteroatoms. The predicted molar refractivity (Wildman–Crippen MR) is 103 cm³/mol. The highest BCUT2D eigenvalue weighted by atomic mass is 127. The fourth-order valence-electron chi connectivity index (χ4n) is 2.89. The van der Waals surface area contributed by atoms with Gasteiger partial charge in [-0.2, -0.15) is 0 Å². The van der Waals surface area contributed by atoms with Gasteiger partial charge in [0.15, 0.2) is 5.96 Å². The maximum atomic E-state index is 5.32. The molecule has 1 N–H and O–H groups in total. The maximum Gasteiger partial charge on any atom is 0.194 e. The van der Waals surface area contributed by atoms with Crippen LogP contribution in [0.15, 0.2) is 4.99 Å². The number of nitrogens with one attached hydrogen (secondary N) is 1. The molecule has 0 amide bonds. The van der Waals surface area contributed by atoms with Crippen LogP contribution < -0.4 is 5.32 Å². The quantitative estimate of drug-likeness (QED) is 0.416. The third kappa shape index (κ3) is 5.85. The van der Waals surface area contributed by atoms with E-state index in [1.807, 2.05) is 0 Å². The lowest BCUT2D eigenvalue weighted by Crippen LogP contribution is -2.53. The number of piperazine rings is 1. The van der Waals surface area contributed by atoms with E-state index < -0.39 is 0 Å². The summed E-state index contributed by atoms with van der Waals surface area (Å²) in [5.74, 6) is 1.83. The molecule has 0 spiro atoms. The van der Waals surface area contributed by atoms with Crippen molar-refractivity contribution in [3.63, 3.8) is 0 Å². The Bertz CT molecular complexity index is 350. The lowest BCUT2D eigenvalue weighted by atomic mass is 9.89. The largest absolute Gasteiger partial charge is 0.380 e. The molecule has 0 aromatic heterocycles. The molecule has 0 atom stereocenters. The first kappa shape index (κ1) is 20.0. The Morgan fingerprint density at radius 2 is 1.86 bits per heavy atom. The lowest BCUT2D eigenvalue weighted by molar-refractivity contribution is -0.0946. The van der Waals surface area contributed by atoms with Gasteiger partial charge in [-0.3, -0.25) is 9.89 Å². The number of aliphatic imine (C=N–C) groups is 1. The summed E-state index contributed by atoms with van der Waals surface area (Å²) in [6.07, 6.45) is 0. The number of hydrogen-bond acceptors (Lipinski definition) is 3. The van der Waals surface area contributed by atoms with Gasteiger partial charge in [0.1, 0.15) is 0 Å². The van der Waals surface area contributed by atoms with Crippen LogP contribution >= 0.6 is 24.0 Å². The van der Waals surface area contributed by atoms with Gasteiger partial charge in [0.2, 0.25) is 0 Å². The standard InChI is InChI=1S/C16H32N4O.HI/c1-5-17-15(18-11-16(4)12-21-13-16)20-8-6-19(7-9-20)10-14(2)3;/h14H,5-13H2,1-4H3,(H,17,18);1H. The zero-order valence-electron chi connectivity index (χ0n) is 14.6. The van der Waals surface area contributed by atoms with Crippen molar-refractivity contribution in [3.05, 3.63) is 0 Å². The van der Waals surface area contributed by atoms with Gasteiger partial charge in [0, 0.05) is 44.7 Å². The summed E-state index contributed by atoms with van der Waals surface area (Å²) in [6.45, 7) is 18.1. The van der Waals surface area contributed by atoms with Gasteiger partial charge in [-0.15, -0.1) is 24.0 Å². The highest BCUT2D eigenvalue weighted by Crippen LogP contribution is 2.26. The van der Waals surface area contributed by atoms with Crippen LogP contribution in [0.25, 0.3) is 0 Å². The van der Waals surface area contributed by atoms with E-state index in [0.717, 1.165) is 64.4 Å². The molecule has 0 aromatic rings. The number of ether oxygens (including phenoxy) is 1. The summed E-state index contributed by atoms with van der Waals surface area (Å²) in [5.41, 5.74) is 0.250. The Morgan fingerprint density at radius 3 is 2.32 bits per heavy atom. The molecule has 22 heavy (non-hydrogen) atoms. The van der Waals surface area contributed by atoms with Gasteiger partial charge in [-0.05, 0) is 12.8 Å². The number of rotatable bonds is 5. The second-order valence-corrected chi connectivity index (χ2v) is 7.16. The minimum Gasteiger partial charge on any atom is -0.380 e. The van der Waals surface area contributed by atoms with Gasteiger partial charge in [-0.25, -0.2) is 0 Å². The molecule has 0 saturated carbocycles. The van der Waals surface area contributed by atoms with Gasteiger partial charge in [-0.1, -0.05) is 20.8 Å². The van der Waals surface area contributed by atoms with Crippen LogP contribution in [0.4, 0.5) is 0 Å². The molecule has 2 heterocycles. The van der Waals surface area contributed by atoms with Crippen LogP contribution in [0.5, 0.6) is 0 Å². The highest BCUT2D eigenvalue weighted by molar-refractivity contribution is 14.0. The van der Waals surface area contributed by atoms with Crippen molar-refractivity contribution >= 4 is 29.9 Å². The van der Waals surface area contributed by atoms with E-state index in [4.69, 9.17) is 9.73 Å². The molecule has 2 saturated heterocycles. The van der Waals surface area contributed by atoms with Crippen molar-refractivity contribution in [1.82, 2.24) is 15.1 Å². The number of guanidine groups is 1. The Kier molecular flexibility index (Phi) is 8.42. The molecular weight excluding hydrogens is 391 g/mol. The summed E-state index contributed by atoms with van der Waals surface area (Å²) in [6, 6.07) is 0. The molecule has 130 valence electrons. The van der Waals surface area contributed by atoms with Gasteiger partial charge < -0.3 is 15.0 Å². The molecule has 0 aliphatic carbocycles.